The summed E-state index contributed by atoms with van der Waals surface area (Å²) in [7, 11) is -3.15. The predicted molar refractivity (Wildman–Crippen MR) is 164 cm³/mol. The number of ether oxygens (including phenoxy) is 2. The van der Waals surface area contributed by atoms with Gasteiger partial charge in [-0.05, 0) is 47.7 Å². The van der Waals surface area contributed by atoms with Crippen LogP contribution in [0.5, 0.6) is 0 Å². The fourth-order valence-corrected chi connectivity index (χ4v) is 10.4. The topological polar surface area (TPSA) is 68.0 Å². The highest BCUT2D eigenvalue weighted by molar-refractivity contribution is 7.80. The van der Waals surface area contributed by atoms with Gasteiger partial charge < -0.3 is 24.9 Å². The molecule has 39 heavy (non-hydrogen) atoms. The monoisotopic (exact) mass is 560 g/mol. The van der Waals surface area contributed by atoms with Crippen molar-refractivity contribution in [3.05, 3.63) is 96.6 Å². The minimum Gasteiger partial charge on any atom is -0.424 e. The molecule has 2 heterocycles. The van der Waals surface area contributed by atoms with E-state index in [4.69, 9.17) is 27.4 Å². The standard InChI is InChI=1S/C32H40N2O3SSi/c1-31(2,39(35,24-16-10-6-11-17-24)25-18-12-7-13-19-25)21-20-26-28-29(37-32(3,4)36-28)27(33)30(38)34(26)22-23-14-8-5-9-15-23/h5-19,26-29,35H,20-22,33H2,1-4H3/t26-,27-,28-,29-/m1/s1. The molecule has 3 aromatic carbocycles. The maximum absolute atomic E-state index is 12.7. The van der Waals surface area contributed by atoms with Crippen LogP contribution >= 0.6 is 12.2 Å². The summed E-state index contributed by atoms with van der Waals surface area (Å²) < 4.78 is 12.8. The lowest BCUT2D eigenvalue weighted by Crippen LogP contribution is -2.67. The number of rotatable bonds is 8. The van der Waals surface area contributed by atoms with Crippen molar-refractivity contribution in [2.75, 3.05) is 0 Å². The summed E-state index contributed by atoms with van der Waals surface area (Å²) in [5, 5.41) is 1.64. The van der Waals surface area contributed by atoms with Gasteiger partial charge in [0.15, 0.2) is 5.79 Å². The second-order valence-electron chi connectivity index (χ2n) is 12.0. The van der Waals surface area contributed by atoms with Crippen LogP contribution in [0, 0.1) is 0 Å². The van der Waals surface area contributed by atoms with Gasteiger partial charge in [-0.1, -0.05) is 117 Å². The van der Waals surface area contributed by atoms with E-state index in [1.54, 1.807) is 0 Å². The summed E-state index contributed by atoms with van der Waals surface area (Å²) in [5.74, 6) is -0.733. The Balaban J connectivity index is 1.49. The molecule has 0 amide bonds. The molecule has 0 spiro atoms. The van der Waals surface area contributed by atoms with Crippen LogP contribution in [0.3, 0.4) is 0 Å². The highest BCUT2D eigenvalue weighted by Crippen LogP contribution is 2.44. The fourth-order valence-electron chi connectivity index (χ4n) is 6.36. The van der Waals surface area contributed by atoms with Crippen LogP contribution in [0.1, 0.15) is 46.1 Å². The maximum atomic E-state index is 12.7. The third kappa shape index (κ3) is 5.36. The lowest BCUT2D eigenvalue weighted by atomic mass is 9.87. The van der Waals surface area contributed by atoms with Gasteiger partial charge in [-0.3, -0.25) is 0 Å². The zero-order valence-corrected chi connectivity index (χ0v) is 25.1. The maximum Gasteiger partial charge on any atom is 0.258 e. The van der Waals surface area contributed by atoms with Gasteiger partial charge >= 0.3 is 0 Å². The van der Waals surface area contributed by atoms with E-state index in [0.717, 1.165) is 23.2 Å². The molecule has 5 rings (SSSR count). The molecule has 206 valence electrons. The fraction of sp³-hybridized carbons (Fsp3) is 0.406. The van der Waals surface area contributed by atoms with E-state index in [-0.39, 0.29) is 23.3 Å². The predicted octanol–water partition coefficient (Wildman–Crippen LogP) is 4.36. The largest absolute Gasteiger partial charge is 0.424 e. The van der Waals surface area contributed by atoms with E-state index in [1.807, 2.05) is 68.4 Å². The number of thiocarbonyl (C=S) groups is 1. The SMILES string of the molecule is CC1(C)O[C@H]2[C@H](O1)[C@@H](N)C(=S)N(Cc1ccccc1)[C@@H]2CCC(C)(C)[Si](O)(c1ccccc1)c1ccccc1. The number of benzene rings is 3. The van der Waals surface area contributed by atoms with Crippen molar-refractivity contribution in [2.24, 2.45) is 5.73 Å². The van der Waals surface area contributed by atoms with E-state index in [2.05, 4.69) is 55.1 Å². The van der Waals surface area contributed by atoms with Crippen LogP contribution in [0.15, 0.2) is 91.0 Å². The molecule has 2 fully saturated rings. The van der Waals surface area contributed by atoms with Crippen LogP contribution in [0.2, 0.25) is 5.04 Å². The number of nitrogens with two attached hydrogens (primary N) is 1. The minimum absolute atomic E-state index is 0.0339. The summed E-state index contributed by atoms with van der Waals surface area (Å²) in [5.41, 5.74) is 7.85. The van der Waals surface area contributed by atoms with Crippen LogP contribution in [-0.4, -0.2) is 53.1 Å². The van der Waals surface area contributed by atoms with Crippen LogP contribution < -0.4 is 16.1 Å². The molecule has 7 heteroatoms. The number of hydrogen-bond acceptors (Lipinski definition) is 5. The van der Waals surface area contributed by atoms with Gasteiger partial charge in [-0.25, -0.2) is 0 Å². The van der Waals surface area contributed by atoms with Crippen molar-refractivity contribution in [3.63, 3.8) is 0 Å². The minimum atomic E-state index is -3.15. The number of piperidine rings is 1. The Morgan fingerprint density at radius 2 is 1.36 bits per heavy atom. The van der Waals surface area contributed by atoms with E-state index in [0.29, 0.717) is 11.5 Å². The van der Waals surface area contributed by atoms with Crippen molar-refractivity contribution in [3.8, 4) is 0 Å². The average Bonchev–Trinajstić information content (AvgIpc) is 3.27. The molecule has 2 saturated heterocycles. The number of nitrogens with zero attached hydrogens (tertiary/aromatic N) is 1. The Morgan fingerprint density at radius 3 is 1.90 bits per heavy atom. The normalized spacial score (nSPS) is 25.0. The number of likely N-dealkylation sites (tertiary alicyclic amines) is 1. The second-order valence-corrected chi connectivity index (χ2v) is 16.3. The lowest BCUT2D eigenvalue weighted by molar-refractivity contribution is -0.149. The molecular formula is C32H40N2O3SSi. The van der Waals surface area contributed by atoms with Gasteiger partial charge in [0.1, 0.15) is 12.2 Å². The molecule has 0 aromatic heterocycles. The Morgan fingerprint density at radius 1 is 0.872 bits per heavy atom. The molecule has 0 radical (unpaired) electrons. The lowest BCUT2D eigenvalue weighted by Gasteiger charge is -2.48. The molecule has 3 N–H and O–H groups in total. The molecule has 3 aromatic rings. The molecular weight excluding hydrogens is 521 g/mol. The molecule has 0 bridgehead atoms. The quantitative estimate of drug-likeness (QED) is 0.315. The van der Waals surface area contributed by atoms with Gasteiger partial charge in [-0.15, -0.1) is 0 Å². The zero-order chi connectivity index (χ0) is 27.8. The zero-order valence-electron chi connectivity index (χ0n) is 23.3. The molecule has 5 nitrogen and oxygen atoms in total. The smallest absolute Gasteiger partial charge is 0.258 e. The average molecular weight is 561 g/mol. The Bertz CT molecular complexity index is 1230. The van der Waals surface area contributed by atoms with Crippen molar-refractivity contribution >= 4 is 35.9 Å². The second kappa shape index (κ2) is 10.9. The summed E-state index contributed by atoms with van der Waals surface area (Å²) in [6.45, 7) is 8.97. The van der Waals surface area contributed by atoms with Gasteiger partial charge in [0.05, 0.1) is 17.1 Å². The van der Waals surface area contributed by atoms with Crippen molar-refractivity contribution in [1.29, 1.82) is 0 Å². The molecule has 0 aliphatic carbocycles. The first-order valence-electron chi connectivity index (χ1n) is 13.8. The molecule has 2 aliphatic rings. The van der Waals surface area contributed by atoms with Crippen molar-refractivity contribution in [2.45, 2.75) is 82.2 Å². The first-order chi connectivity index (χ1) is 18.5. The van der Waals surface area contributed by atoms with E-state index in [1.165, 1.54) is 5.56 Å². The third-order valence-electron chi connectivity index (χ3n) is 8.49. The van der Waals surface area contributed by atoms with Gasteiger partial charge in [-0.2, -0.15) is 0 Å². The molecule has 0 unspecified atom stereocenters. The van der Waals surface area contributed by atoms with Gasteiger partial charge in [0.2, 0.25) is 0 Å². The summed E-state index contributed by atoms with van der Waals surface area (Å²) in [4.78, 5) is 15.7. The Labute approximate surface area is 239 Å². The molecule has 4 atom stereocenters. The highest BCUT2D eigenvalue weighted by atomic mass is 32.1. The van der Waals surface area contributed by atoms with E-state index in [9.17, 15) is 4.80 Å². The number of fused-ring (bicyclic) bond motifs is 1. The Hall–Kier alpha value is -2.39. The van der Waals surface area contributed by atoms with Crippen LogP contribution in [0.25, 0.3) is 0 Å². The summed E-state index contributed by atoms with van der Waals surface area (Å²) in [6, 6.07) is 30.3. The molecule has 2 aliphatic heterocycles. The van der Waals surface area contributed by atoms with E-state index >= 15 is 0 Å². The van der Waals surface area contributed by atoms with Gasteiger partial charge in [0.25, 0.3) is 8.32 Å². The van der Waals surface area contributed by atoms with Crippen LogP contribution in [0.4, 0.5) is 0 Å². The summed E-state index contributed by atoms with van der Waals surface area (Å²) >= 11 is 5.98. The first-order valence-corrected chi connectivity index (χ1v) is 16.2. The summed E-state index contributed by atoms with van der Waals surface area (Å²) in [6.07, 6.45) is 1.04. The first kappa shape index (κ1) is 28.1. The Kier molecular flexibility index (Phi) is 7.85. The number of hydrogen-bond donors (Lipinski definition) is 2. The van der Waals surface area contributed by atoms with Crippen LogP contribution in [-0.2, 0) is 16.0 Å². The van der Waals surface area contributed by atoms with Crippen molar-refractivity contribution in [1.82, 2.24) is 4.90 Å². The van der Waals surface area contributed by atoms with E-state index < -0.39 is 20.1 Å². The third-order valence-corrected chi connectivity index (χ3v) is 13.5. The molecule has 0 saturated carbocycles. The van der Waals surface area contributed by atoms with Gasteiger partial charge in [0, 0.05) is 6.54 Å². The highest BCUT2D eigenvalue weighted by Gasteiger charge is 2.56. The van der Waals surface area contributed by atoms with Crippen molar-refractivity contribution < 1.29 is 14.3 Å².